The van der Waals surface area contributed by atoms with Gasteiger partial charge >= 0.3 is 0 Å². The summed E-state index contributed by atoms with van der Waals surface area (Å²) in [6.45, 7) is 2.01. The number of hydrogen-bond donors (Lipinski definition) is 1. The number of benzene rings is 1. The van der Waals surface area contributed by atoms with Gasteiger partial charge in [0.25, 0.3) is 5.91 Å². The van der Waals surface area contributed by atoms with Gasteiger partial charge in [0, 0.05) is 11.6 Å². The lowest BCUT2D eigenvalue weighted by atomic mass is 9.96. The predicted molar refractivity (Wildman–Crippen MR) is 53.6 cm³/mol. The monoisotopic (exact) mass is 191 g/mol. The van der Waals surface area contributed by atoms with Crippen LogP contribution in [0.25, 0.3) is 0 Å². The van der Waals surface area contributed by atoms with Crippen molar-refractivity contribution < 1.29 is 9.53 Å². The number of carbonyl (C=O) groups is 1. The summed E-state index contributed by atoms with van der Waals surface area (Å²) in [5.74, 6) is 0.728. The van der Waals surface area contributed by atoms with Crippen LogP contribution in [0.2, 0.25) is 0 Å². The van der Waals surface area contributed by atoms with Gasteiger partial charge in [0.2, 0.25) is 0 Å². The molecule has 1 amide bonds. The zero-order valence-corrected chi connectivity index (χ0v) is 8.33. The highest BCUT2D eigenvalue weighted by atomic mass is 16.5. The summed E-state index contributed by atoms with van der Waals surface area (Å²) in [4.78, 5) is 11.6. The van der Waals surface area contributed by atoms with Gasteiger partial charge in [-0.1, -0.05) is 6.07 Å². The SMILES string of the molecule is COc1ccc2c(c1)C(=O)NC(C)C2. The Balaban J connectivity index is 2.44. The average Bonchev–Trinajstić information content (AvgIpc) is 2.17. The summed E-state index contributed by atoms with van der Waals surface area (Å²) in [7, 11) is 1.60. The standard InChI is InChI=1S/C11H13NO2/c1-7-5-8-3-4-9(14-2)6-10(8)11(13)12-7/h3-4,6-7H,5H2,1-2H3,(H,12,13). The van der Waals surface area contributed by atoms with Crippen molar-refractivity contribution >= 4 is 5.91 Å². The Morgan fingerprint density at radius 1 is 1.50 bits per heavy atom. The number of ether oxygens (including phenoxy) is 1. The van der Waals surface area contributed by atoms with E-state index in [9.17, 15) is 4.79 Å². The molecule has 1 atom stereocenters. The van der Waals surface area contributed by atoms with Crippen LogP contribution >= 0.6 is 0 Å². The zero-order chi connectivity index (χ0) is 10.1. The molecular weight excluding hydrogens is 178 g/mol. The second-order valence-electron chi connectivity index (χ2n) is 3.60. The van der Waals surface area contributed by atoms with E-state index in [-0.39, 0.29) is 11.9 Å². The molecule has 1 aromatic rings. The molecule has 14 heavy (non-hydrogen) atoms. The van der Waals surface area contributed by atoms with Gasteiger partial charge < -0.3 is 10.1 Å². The molecule has 1 aliphatic heterocycles. The van der Waals surface area contributed by atoms with Crippen molar-refractivity contribution in [1.82, 2.24) is 5.32 Å². The summed E-state index contributed by atoms with van der Waals surface area (Å²) >= 11 is 0. The van der Waals surface area contributed by atoms with Gasteiger partial charge in [-0.25, -0.2) is 0 Å². The van der Waals surface area contributed by atoms with E-state index in [1.54, 1.807) is 13.2 Å². The molecule has 0 fully saturated rings. The van der Waals surface area contributed by atoms with Crippen LogP contribution in [0, 0.1) is 0 Å². The van der Waals surface area contributed by atoms with Crippen LogP contribution in [0.5, 0.6) is 5.75 Å². The molecule has 3 heteroatoms. The third kappa shape index (κ3) is 1.45. The van der Waals surface area contributed by atoms with E-state index in [4.69, 9.17) is 4.74 Å². The van der Waals surface area contributed by atoms with Crippen LogP contribution in [-0.4, -0.2) is 19.1 Å². The molecule has 0 bridgehead atoms. The lowest BCUT2D eigenvalue weighted by Crippen LogP contribution is -2.39. The highest BCUT2D eigenvalue weighted by Crippen LogP contribution is 2.21. The van der Waals surface area contributed by atoms with Crippen LogP contribution in [0.3, 0.4) is 0 Å². The van der Waals surface area contributed by atoms with Gasteiger partial charge in [-0.15, -0.1) is 0 Å². The Morgan fingerprint density at radius 3 is 3.00 bits per heavy atom. The summed E-state index contributed by atoms with van der Waals surface area (Å²) in [6.07, 6.45) is 0.894. The molecule has 0 radical (unpaired) electrons. The van der Waals surface area contributed by atoms with Crippen molar-refractivity contribution in [1.29, 1.82) is 0 Å². The van der Waals surface area contributed by atoms with E-state index in [0.29, 0.717) is 0 Å². The predicted octanol–water partition coefficient (Wildman–Crippen LogP) is 1.37. The van der Waals surface area contributed by atoms with Crippen LogP contribution in [-0.2, 0) is 6.42 Å². The minimum atomic E-state index is -0.00218. The third-order valence-corrected chi connectivity index (χ3v) is 2.47. The van der Waals surface area contributed by atoms with Crippen LogP contribution in [0.1, 0.15) is 22.8 Å². The molecule has 1 heterocycles. The normalized spacial score (nSPS) is 19.9. The molecule has 1 aliphatic rings. The minimum absolute atomic E-state index is 0.00218. The summed E-state index contributed by atoms with van der Waals surface area (Å²) < 4.78 is 5.08. The second-order valence-corrected chi connectivity index (χ2v) is 3.60. The van der Waals surface area contributed by atoms with E-state index >= 15 is 0 Å². The molecule has 1 unspecified atom stereocenters. The van der Waals surface area contributed by atoms with Gasteiger partial charge in [0.1, 0.15) is 5.75 Å². The van der Waals surface area contributed by atoms with Gasteiger partial charge in [-0.05, 0) is 31.0 Å². The summed E-state index contributed by atoms with van der Waals surface area (Å²) in [5.41, 5.74) is 1.84. The van der Waals surface area contributed by atoms with Crippen LogP contribution in [0.4, 0.5) is 0 Å². The largest absolute Gasteiger partial charge is 0.497 e. The Bertz CT molecular complexity index is 374. The van der Waals surface area contributed by atoms with Crippen molar-refractivity contribution in [3.63, 3.8) is 0 Å². The third-order valence-electron chi connectivity index (χ3n) is 2.47. The second kappa shape index (κ2) is 3.33. The Hall–Kier alpha value is -1.51. The molecule has 3 nitrogen and oxygen atoms in total. The number of nitrogens with one attached hydrogen (secondary N) is 1. The molecular formula is C11H13NO2. The molecule has 0 aliphatic carbocycles. The maximum Gasteiger partial charge on any atom is 0.251 e. The quantitative estimate of drug-likeness (QED) is 0.728. The molecule has 1 N–H and O–H groups in total. The zero-order valence-electron chi connectivity index (χ0n) is 8.33. The highest BCUT2D eigenvalue weighted by Gasteiger charge is 2.21. The number of fused-ring (bicyclic) bond motifs is 1. The van der Waals surface area contributed by atoms with E-state index < -0.39 is 0 Å². The summed E-state index contributed by atoms with van der Waals surface area (Å²) in [6, 6.07) is 5.87. The Labute approximate surface area is 83.1 Å². The first-order valence-corrected chi connectivity index (χ1v) is 4.68. The fourth-order valence-electron chi connectivity index (χ4n) is 1.75. The smallest absolute Gasteiger partial charge is 0.251 e. The maximum absolute atomic E-state index is 11.6. The maximum atomic E-state index is 11.6. The van der Waals surface area contributed by atoms with Gasteiger partial charge in [-0.3, -0.25) is 4.79 Å². The molecule has 0 saturated carbocycles. The Morgan fingerprint density at radius 2 is 2.29 bits per heavy atom. The van der Waals surface area contributed by atoms with Crippen molar-refractivity contribution in [3.05, 3.63) is 29.3 Å². The number of rotatable bonds is 1. The van der Waals surface area contributed by atoms with Crippen molar-refractivity contribution in [2.45, 2.75) is 19.4 Å². The molecule has 74 valence electrons. The molecule has 2 rings (SSSR count). The number of methoxy groups -OCH3 is 1. The van der Waals surface area contributed by atoms with E-state index in [2.05, 4.69) is 5.32 Å². The number of amides is 1. The summed E-state index contributed by atoms with van der Waals surface area (Å²) in [5, 5.41) is 2.89. The molecule has 0 spiro atoms. The van der Waals surface area contributed by atoms with Gasteiger partial charge in [0.15, 0.2) is 0 Å². The van der Waals surface area contributed by atoms with Crippen molar-refractivity contribution in [2.75, 3.05) is 7.11 Å². The minimum Gasteiger partial charge on any atom is -0.497 e. The molecule has 1 aromatic carbocycles. The van der Waals surface area contributed by atoms with E-state index in [1.807, 2.05) is 19.1 Å². The lowest BCUT2D eigenvalue weighted by molar-refractivity contribution is 0.0929. The van der Waals surface area contributed by atoms with Gasteiger partial charge in [-0.2, -0.15) is 0 Å². The topological polar surface area (TPSA) is 38.3 Å². The fraction of sp³-hybridized carbons (Fsp3) is 0.364. The van der Waals surface area contributed by atoms with Crippen LogP contribution < -0.4 is 10.1 Å². The van der Waals surface area contributed by atoms with Crippen molar-refractivity contribution in [2.24, 2.45) is 0 Å². The van der Waals surface area contributed by atoms with E-state index in [0.717, 1.165) is 23.3 Å². The molecule has 0 saturated heterocycles. The Kier molecular flexibility index (Phi) is 2.15. The van der Waals surface area contributed by atoms with Crippen molar-refractivity contribution in [3.8, 4) is 5.75 Å². The number of hydrogen-bond acceptors (Lipinski definition) is 2. The first-order chi connectivity index (χ1) is 6.70. The molecule has 0 aromatic heterocycles. The van der Waals surface area contributed by atoms with Gasteiger partial charge in [0.05, 0.1) is 7.11 Å². The number of carbonyl (C=O) groups excluding carboxylic acids is 1. The lowest BCUT2D eigenvalue weighted by Gasteiger charge is -2.22. The first-order valence-electron chi connectivity index (χ1n) is 4.68. The first kappa shape index (κ1) is 9.06. The average molecular weight is 191 g/mol. The fourth-order valence-corrected chi connectivity index (χ4v) is 1.75. The highest BCUT2D eigenvalue weighted by molar-refractivity contribution is 5.97. The van der Waals surface area contributed by atoms with E-state index in [1.165, 1.54) is 0 Å². The van der Waals surface area contributed by atoms with Crippen LogP contribution in [0.15, 0.2) is 18.2 Å².